The van der Waals surface area contributed by atoms with Crippen LogP contribution >= 0.6 is 0 Å². The Hall–Kier alpha value is -3.00. The minimum atomic E-state index is 0.179. The molecule has 4 aromatic rings. The first kappa shape index (κ1) is 23.4. The number of pyridine rings is 2. The number of aliphatic hydroxyl groups is 1. The minimum Gasteiger partial charge on any atom is -0.474 e. The average Bonchev–Trinajstić information content (AvgIpc) is 3.19. The first-order valence-corrected chi connectivity index (χ1v) is 13.1. The molecule has 7 heteroatoms. The van der Waals surface area contributed by atoms with E-state index in [-0.39, 0.29) is 12.7 Å². The van der Waals surface area contributed by atoms with Crippen molar-refractivity contribution in [3.63, 3.8) is 0 Å². The summed E-state index contributed by atoms with van der Waals surface area (Å²) in [4.78, 5) is 11.3. The van der Waals surface area contributed by atoms with E-state index in [0.29, 0.717) is 18.1 Å². The van der Waals surface area contributed by atoms with Gasteiger partial charge in [-0.3, -0.25) is 4.98 Å². The molecule has 0 atom stereocenters. The number of hydrogen-bond acceptors (Lipinski definition) is 6. The lowest BCUT2D eigenvalue weighted by Gasteiger charge is -2.39. The fourth-order valence-corrected chi connectivity index (χ4v) is 5.59. The SMILES string of the molecule is Cn1c2ccncc2c2ccc(-c3ccc(OC4CC(OC5CCN(CCCO)CC5)C4)nc3)cc21. The summed E-state index contributed by atoms with van der Waals surface area (Å²) in [6, 6.07) is 12.7. The zero-order valence-electron chi connectivity index (χ0n) is 20.8. The fourth-order valence-electron chi connectivity index (χ4n) is 5.59. The van der Waals surface area contributed by atoms with E-state index in [1.807, 2.05) is 24.7 Å². The molecule has 1 aliphatic carbocycles. The number of piperidine rings is 1. The van der Waals surface area contributed by atoms with Crippen molar-refractivity contribution >= 4 is 21.8 Å². The van der Waals surface area contributed by atoms with Gasteiger partial charge in [0.2, 0.25) is 5.88 Å². The number of aliphatic hydroxyl groups excluding tert-OH is 1. The highest BCUT2D eigenvalue weighted by molar-refractivity contribution is 6.08. The van der Waals surface area contributed by atoms with Gasteiger partial charge in [0, 0.05) is 92.6 Å². The smallest absolute Gasteiger partial charge is 0.213 e. The molecule has 0 unspecified atom stereocenters. The van der Waals surface area contributed by atoms with Gasteiger partial charge in [-0.2, -0.15) is 0 Å². The topological polar surface area (TPSA) is 72.6 Å². The monoisotopic (exact) mass is 486 g/mol. The van der Waals surface area contributed by atoms with Gasteiger partial charge in [0.25, 0.3) is 0 Å². The standard InChI is InChI=1S/C29H34N4O3/c1-32-27-7-10-30-19-26(27)25-5-3-20(15-28(25)32)21-4-6-29(31-18-21)36-24-16-23(17-24)35-22-8-12-33(13-9-22)11-2-14-34/h3-7,10,15,18-19,22-24,34H,2,8-9,11-14,16-17H2,1H3. The van der Waals surface area contributed by atoms with E-state index in [2.05, 4.69) is 56.8 Å². The van der Waals surface area contributed by atoms with Crippen molar-refractivity contribution in [1.29, 1.82) is 0 Å². The molecule has 1 aromatic carbocycles. The Labute approximate surface area is 211 Å². The number of hydrogen-bond donors (Lipinski definition) is 1. The Morgan fingerprint density at radius 2 is 1.75 bits per heavy atom. The number of aromatic nitrogens is 3. The first-order valence-electron chi connectivity index (χ1n) is 13.1. The van der Waals surface area contributed by atoms with Gasteiger partial charge in [-0.25, -0.2) is 4.98 Å². The Morgan fingerprint density at radius 3 is 2.53 bits per heavy atom. The van der Waals surface area contributed by atoms with Crippen LogP contribution in [0, 0.1) is 0 Å². The Kier molecular flexibility index (Phi) is 6.61. The Morgan fingerprint density at radius 1 is 0.917 bits per heavy atom. The number of rotatable bonds is 8. The molecule has 188 valence electrons. The Bertz CT molecular complexity index is 1320. The van der Waals surface area contributed by atoms with Gasteiger partial charge in [-0.05, 0) is 43.0 Å². The third kappa shape index (κ3) is 4.71. The predicted molar refractivity (Wildman–Crippen MR) is 141 cm³/mol. The third-order valence-electron chi connectivity index (χ3n) is 7.77. The molecule has 2 fully saturated rings. The van der Waals surface area contributed by atoms with E-state index in [1.54, 1.807) is 0 Å². The van der Waals surface area contributed by atoms with Gasteiger partial charge in [0.05, 0.1) is 17.7 Å². The van der Waals surface area contributed by atoms with Crippen LogP contribution in [0.1, 0.15) is 32.1 Å². The van der Waals surface area contributed by atoms with Crippen molar-refractivity contribution in [3.8, 4) is 17.0 Å². The molecular formula is C29H34N4O3. The minimum absolute atomic E-state index is 0.179. The molecule has 6 rings (SSSR count). The van der Waals surface area contributed by atoms with Crippen LogP contribution in [0.3, 0.4) is 0 Å². The van der Waals surface area contributed by atoms with Crippen molar-refractivity contribution in [2.45, 2.75) is 50.4 Å². The molecule has 0 radical (unpaired) electrons. The normalized spacial score (nSPS) is 21.2. The average molecular weight is 487 g/mol. The Balaban J connectivity index is 1.02. The van der Waals surface area contributed by atoms with Crippen molar-refractivity contribution in [2.75, 3.05) is 26.2 Å². The summed E-state index contributed by atoms with van der Waals surface area (Å²) in [5, 5.41) is 11.4. The molecular weight excluding hydrogens is 452 g/mol. The maximum atomic E-state index is 9.00. The van der Waals surface area contributed by atoms with E-state index in [1.165, 1.54) is 21.8 Å². The second-order valence-electron chi connectivity index (χ2n) is 10.2. The fraction of sp³-hybridized carbons (Fsp3) is 0.448. The van der Waals surface area contributed by atoms with Crippen LogP contribution in [-0.4, -0.2) is 69.1 Å². The van der Waals surface area contributed by atoms with Crippen molar-refractivity contribution in [1.82, 2.24) is 19.4 Å². The molecule has 0 spiro atoms. The number of fused-ring (bicyclic) bond motifs is 3. The molecule has 2 aliphatic rings. The molecule has 4 heterocycles. The van der Waals surface area contributed by atoms with Gasteiger partial charge >= 0.3 is 0 Å². The summed E-state index contributed by atoms with van der Waals surface area (Å²) < 4.78 is 14.6. The summed E-state index contributed by atoms with van der Waals surface area (Å²) in [5.41, 5.74) is 4.59. The molecule has 1 N–H and O–H groups in total. The van der Waals surface area contributed by atoms with Crippen LogP contribution in [0.2, 0.25) is 0 Å². The lowest BCUT2D eigenvalue weighted by atomic mass is 9.91. The van der Waals surface area contributed by atoms with E-state index in [4.69, 9.17) is 14.6 Å². The third-order valence-corrected chi connectivity index (χ3v) is 7.77. The van der Waals surface area contributed by atoms with Crippen molar-refractivity contribution in [3.05, 3.63) is 55.0 Å². The summed E-state index contributed by atoms with van der Waals surface area (Å²) >= 11 is 0. The van der Waals surface area contributed by atoms with Crippen molar-refractivity contribution < 1.29 is 14.6 Å². The number of nitrogens with zero attached hydrogens (tertiary/aromatic N) is 4. The molecule has 0 amide bonds. The number of ether oxygens (including phenoxy) is 2. The van der Waals surface area contributed by atoms with Gasteiger partial charge < -0.3 is 24.0 Å². The molecule has 1 aliphatic heterocycles. The molecule has 1 saturated heterocycles. The molecule has 1 saturated carbocycles. The zero-order valence-corrected chi connectivity index (χ0v) is 20.8. The van der Waals surface area contributed by atoms with E-state index in [0.717, 1.165) is 62.9 Å². The van der Waals surface area contributed by atoms with Gasteiger partial charge in [0.15, 0.2) is 0 Å². The van der Waals surface area contributed by atoms with E-state index in [9.17, 15) is 0 Å². The largest absolute Gasteiger partial charge is 0.474 e. The summed E-state index contributed by atoms with van der Waals surface area (Å²) in [6.45, 7) is 3.40. The molecule has 7 nitrogen and oxygen atoms in total. The lowest BCUT2D eigenvalue weighted by Crippen LogP contribution is -2.44. The summed E-state index contributed by atoms with van der Waals surface area (Å²) in [7, 11) is 2.10. The van der Waals surface area contributed by atoms with E-state index < -0.39 is 0 Å². The van der Waals surface area contributed by atoms with Crippen molar-refractivity contribution in [2.24, 2.45) is 7.05 Å². The quantitative estimate of drug-likeness (QED) is 0.394. The van der Waals surface area contributed by atoms with Crippen LogP contribution in [-0.2, 0) is 11.8 Å². The van der Waals surface area contributed by atoms with E-state index >= 15 is 0 Å². The van der Waals surface area contributed by atoms with Crippen LogP contribution in [0.15, 0.2) is 55.0 Å². The van der Waals surface area contributed by atoms with Crippen LogP contribution in [0.4, 0.5) is 0 Å². The van der Waals surface area contributed by atoms with Crippen LogP contribution < -0.4 is 4.74 Å². The zero-order chi connectivity index (χ0) is 24.5. The second kappa shape index (κ2) is 10.2. The number of aryl methyl sites for hydroxylation is 1. The molecule has 36 heavy (non-hydrogen) atoms. The van der Waals surface area contributed by atoms with Crippen LogP contribution in [0.5, 0.6) is 5.88 Å². The highest BCUT2D eigenvalue weighted by Gasteiger charge is 2.34. The van der Waals surface area contributed by atoms with Gasteiger partial charge in [-0.15, -0.1) is 0 Å². The summed E-state index contributed by atoms with van der Waals surface area (Å²) in [6.07, 6.45) is 11.4. The second-order valence-corrected chi connectivity index (χ2v) is 10.2. The lowest BCUT2D eigenvalue weighted by molar-refractivity contribution is -0.111. The molecule has 0 bridgehead atoms. The number of likely N-dealkylation sites (tertiary alicyclic amines) is 1. The molecule has 3 aromatic heterocycles. The number of benzene rings is 1. The highest BCUT2D eigenvalue weighted by Crippen LogP contribution is 2.33. The maximum absolute atomic E-state index is 9.00. The predicted octanol–water partition coefficient (Wildman–Crippen LogP) is 4.56. The first-order chi connectivity index (χ1) is 17.7. The van der Waals surface area contributed by atoms with Crippen LogP contribution in [0.25, 0.3) is 32.9 Å². The summed E-state index contributed by atoms with van der Waals surface area (Å²) in [5.74, 6) is 0.677. The van der Waals surface area contributed by atoms with Gasteiger partial charge in [-0.1, -0.05) is 12.1 Å². The maximum Gasteiger partial charge on any atom is 0.213 e. The van der Waals surface area contributed by atoms with Gasteiger partial charge in [0.1, 0.15) is 6.10 Å². The highest BCUT2D eigenvalue weighted by atomic mass is 16.5.